The molecule has 1 heterocycles. The first-order valence-corrected chi connectivity index (χ1v) is 9.46. The highest BCUT2D eigenvalue weighted by molar-refractivity contribution is 14.0. The number of hydrogen-bond acceptors (Lipinski definition) is 4. The van der Waals surface area contributed by atoms with Crippen LogP contribution in [0, 0.1) is 6.92 Å². The minimum absolute atomic E-state index is 0. The summed E-state index contributed by atoms with van der Waals surface area (Å²) in [4.78, 5) is 8.99. The van der Waals surface area contributed by atoms with E-state index < -0.39 is 0 Å². The lowest BCUT2D eigenvalue weighted by Gasteiger charge is -2.38. The van der Waals surface area contributed by atoms with E-state index >= 15 is 0 Å². The van der Waals surface area contributed by atoms with Crippen LogP contribution in [-0.2, 0) is 4.74 Å². The van der Waals surface area contributed by atoms with Gasteiger partial charge in [-0.1, -0.05) is 17.7 Å². The minimum Gasteiger partial charge on any atom is -0.492 e. The zero-order chi connectivity index (χ0) is 18.9. The molecule has 0 radical (unpaired) electrons. The van der Waals surface area contributed by atoms with Crippen LogP contribution in [0.15, 0.2) is 29.3 Å². The fourth-order valence-corrected chi connectivity index (χ4v) is 3.18. The summed E-state index contributed by atoms with van der Waals surface area (Å²) in [7, 11) is 3.86. The number of hydrogen-bond donors (Lipinski definition) is 1. The highest BCUT2D eigenvalue weighted by atomic mass is 127. The Balaban J connectivity index is 0.00000364. The first kappa shape index (κ1) is 24.0. The van der Waals surface area contributed by atoms with Crippen molar-refractivity contribution in [2.45, 2.75) is 32.9 Å². The van der Waals surface area contributed by atoms with Gasteiger partial charge in [0.1, 0.15) is 12.4 Å². The van der Waals surface area contributed by atoms with Crippen molar-refractivity contribution in [1.82, 2.24) is 15.1 Å². The van der Waals surface area contributed by atoms with Gasteiger partial charge in [-0.25, -0.2) is 0 Å². The average molecular weight is 490 g/mol. The maximum atomic E-state index is 5.81. The average Bonchev–Trinajstić information content (AvgIpc) is 2.64. The fraction of sp³-hybridized carbons (Fsp3) is 0.650. The molecule has 2 rings (SSSR count). The third-order valence-electron chi connectivity index (χ3n) is 4.83. The molecule has 1 aliphatic rings. The molecule has 2 atom stereocenters. The summed E-state index contributed by atoms with van der Waals surface area (Å²) in [6.07, 6.45) is 0. The van der Waals surface area contributed by atoms with Gasteiger partial charge in [0.05, 0.1) is 19.8 Å². The number of morpholine rings is 1. The predicted molar refractivity (Wildman–Crippen MR) is 123 cm³/mol. The van der Waals surface area contributed by atoms with Crippen LogP contribution in [0.3, 0.4) is 0 Å². The molecule has 1 aliphatic heterocycles. The van der Waals surface area contributed by atoms with Crippen molar-refractivity contribution in [3.05, 3.63) is 29.8 Å². The summed E-state index contributed by atoms with van der Waals surface area (Å²) >= 11 is 0. The van der Waals surface area contributed by atoms with Gasteiger partial charge in [0.25, 0.3) is 0 Å². The van der Waals surface area contributed by atoms with Gasteiger partial charge in [-0.2, -0.15) is 0 Å². The van der Waals surface area contributed by atoms with E-state index in [4.69, 9.17) is 9.47 Å². The van der Waals surface area contributed by atoms with Crippen molar-refractivity contribution in [1.29, 1.82) is 0 Å². The lowest BCUT2D eigenvalue weighted by atomic mass is 10.2. The van der Waals surface area contributed by atoms with Gasteiger partial charge in [-0.15, -0.1) is 24.0 Å². The Hall–Kier alpha value is -1.06. The van der Waals surface area contributed by atoms with Crippen LogP contribution < -0.4 is 10.1 Å². The first-order valence-electron chi connectivity index (χ1n) is 9.46. The third-order valence-corrected chi connectivity index (χ3v) is 4.83. The number of ether oxygens (including phenoxy) is 2. The van der Waals surface area contributed by atoms with E-state index in [1.54, 1.807) is 0 Å². The molecular weight excluding hydrogens is 455 g/mol. The molecule has 1 aromatic carbocycles. The number of aliphatic imine (C=N–C) groups is 1. The van der Waals surface area contributed by atoms with Crippen LogP contribution in [0.1, 0.15) is 19.4 Å². The molecule has 27 heavy (non-hydrogen) atoms. The van der Waals surface area contributed by atoms with Crippen molar-refractivity contribution < 1.29 is 9.47 Å². The molecule has 0 aliphatic carbocycles. The number of nitrogens with zero attached hydrogens (tertiary/aromatic N) is 3. The second-order valence-corrected chi connectivity index (χ2v) is 7.02. The van der Waals surface area contributed by atoms with Crippen molar-refractivity contribution in [2.75, 3.05) is 53.6 Å². The summed E-state index contributed by atoms with van der Waals surface area (Å²) in [6.45, 7) is 11.4. The molecule has 7 heteroatoms. The van der Waals surface area contributed by atoms with Crippen molar-refractivity contribution in [3.63, 3.8) is 0 Å². The summed E-state index contributed by atoms with van der Waals surface area (Å²) < 4.78 is 11.3. The first-order chi connectivity index (χ1) is 12.5. The van der Waals surface area contributed by atoms with Crippen molar-refractivity contribution in [3.8, 4) is 5.75 Å². The van der Waals surface area contributed by atoms with Gasteiger partial charge in [-0.05, 0) is 32.9 Å². The lowest BCUT2D eigenvalue weighted by molar-refractivity contribution is -0.0175. The van der Waals surface area contributed by atoms with Crippen LogP contribution in [0.5, 0.6) is 5.75 Å². The molecule has 0 spiro atoms. The fourth-order valence-electron chi connectivity index (χ4n) is 3.18. The van der Waals surface area contributed by atoms with E-state index in [2.05, 4.69) is 53.0 Å². The zero-order valence-corrected chi connectivity index (χ0v) is 19.6. The monoisotopic (exact) mass is 490 g/mol. The molecule has 1 fully saturated rings. The van der Waals surface area contributed by atoms with Gasteiger partial charge in [0, 0.05) is 39.3 Å². The Kier molecular flexibility index (Phi) is 11.0. The number of halogens is 1. The minimum atomic E-state index is 0. The van der Waals surface area contributed by atoms with Gasteiger partial charge in [-0.3, -0.25) is 9.89 Å². The number of benzene rings is 1. The molecule has 0 amide bonds. The van der Waals surface area contributed by atoms with Crippen LogP contribution >= 0.6 is 24.0 Å². The number of rotatable bonds is 7. The standard InChI is InChI=1S/C20H34N4O2.HI/c1-16-6-8-19(9-7-16)26-13-10-23(5)20(21-4)22-14-17(2)24-11-12-25-15-18(24)3;/h6-9,17-18H,10-15H2,1-5H3,(H,21,22);1H. The molecular formula is C20H35IN4O2. The Morgan fingerprint density at radius 3 is 2.74 bits per heavy atom. The van der Waals surface area contributed by atoms with Crippen molar-refractivity contribution >= 4 is 29.9 Å². The maximum Gasteiger partial charge on any atom is 0.193 e. The molecule has 6 nitrogen and oxygen atoms in total. The number of aryl methyl sites for hydroxylation is 1. The molecule has 0 saturated carbocycles. The van der Waals surface area contributed by atoms with Crippen LogP contribution in [0.25, 0.3) is 0 Å². The normalized spacial score (nSPS) is 19.1. The summed E-state index contributed by atoms with van der Waals surface area (Å²) in [5.41, 5.74) is 1.24. The molecule has 2 unspecified atom stereocenters. The van der Waals surface area contributed by atoms with E-state index in [0.717, 1.165) is 44.6 Å². The second-order valence-electron chi connectivity index (χ2n) is 7.02. The largest absolute Gasteiger partial charge is 0.492 e. The van der Waals surface area contributed by atoms with Crippen LogP contribution in [0.4, 0.5) is 0 Å². The van der Waals surface area contributed by atoms with E-state index in [-0.39, 0.29) is 24.0 Å². The van der Waals surface area contributed by atoms with Crippen LogP contribution in [0.2, 0.25) is 0 Å². The molecule has 1 saturated heterocycles. The Bertz CT molecular complexity index is 568. The van der Waals surface area contributed by atoms with E-state index in [1.165, 1.54) is 5.56 Å². The SMILES string of the molecule is CN=C(NCC(C)N1CCOCC1C)N(C)CCOc1ccc(C)cc1.I. The quantitative estimate of drug-likeness (QED) is 0.362. The summed E-state index contributed by atoms with van der Waals surface area (Å²) in [5, 5.41) is 3.48. The topological polar surface area (TPSA) is 49.3 Å². The smallest absolute Gasteiger partial charge is 0.193 e. The molecule has 1 aromatic rings. The van der Waals surface area contributed by atoms with Crippen molar-refractivity contribution in [2.24, 2.45) is 4.99 Å². The maximum absolute atomic E-state index is 5.81. The predicted octanol–water partition coefficient (Wildman–Crippen LogP) is 2.61. The van der Waals surface area contributed by atoms with Gasteiger partial charge < -0.3 is 19.7 Å². The van der Waals surface area contributed by atoms with Crippen LogP contribution in [-0.4, -0.2) is 81.4 Å². The van der Waals surface area contributed by atoms with E-state index in [1.807, 2.05) is 26.2 Å². The van der Waals surface area contributed by atoms with Gasteiger partial charge in [0.2, 0.25) is 0 Å². The van der Waals surface area contributed by atoms with Gasteiger partial charge in [0.15, 0.2) is 5.96 Å². The Morgan fingerprint density at radius 1 is 1.41 bits per heavy atom. The van der Waals surface area contributed by atoms with Gasteiger partial charge >= 0.3 is 0 Å². The third kappa shape index (κ3) is 7.83. The number of nitrogens with one attached hydrogen (secondary N) is 1. The molecule has 1 N–H and O–H groups in total. The zero-order valence-electron chi connectivity index (χ0n) is 17.3. The Morgan fingerprint density at radius 2 is 2.11 bits per heavy atom. The highest BCUT2D eigenvalue weighted by Crippen LogP contribution is 2.11. The highest BCUT2D eigenvalue weighted by Gasteiger charge is 2.23. The molecule has 0 bridgehead atoms. The Labute approximate surface area is 181 Å². The lowest BCUT2D eigenvalue weighted by Crippen LogP contribution is -2.53. The molecule has 0 aromatic heterocycles. The van der Waals surface area contributed by atoms with E-state index in [9.17, 15) is 0 Å². The molecule has 154 valence electrons. The number of guanidine groups is 1. The second kappa shape index (κ2) is 12.4. The van der Waals surface area contributed by atoms with E-state index in [0.29, 0.717) is 18.7 Å². The summed E-state index contributed by atoms with van der Waals surface area (Å²) in [5.74, 6) is 1.80. The summed E-state index contributed by atoms with van der Waals surface area (Å²) in [6, 6.07) is 9.04. The number of likely N-dealkylation sites (N-methyl/N-ethyl adjacent to an activating group) is 1.